The fourth-order valence-electron chi connectivity index (χ4n) is 3.13. The molecule has 2 heterocycles. The highest BCUT2D eigenvalue weighted by molar-refractivity contribution is 7.17. The Labute approximate surface area is 151 Å². The third-order valence-corrected chi connectivity index (χ3v) is 5.85. The third-order valence-electron chi connectivity index (χ3n) is 4.62. The van der Waals surface area contributed by atoms with Crippen LogP contribution in [0.1, 0.15) is 33.4 Å². The lowest BCUT2D eigenvalue weighted by atomic mass is 10.1. The minimum absolute atomic E-state index is 0.0600. The number of aliphatic hydroxyl groups excluding tert-OH is 1. The van der Waals surface area contributed by atoms with Crippen molar-refractivity contribution in [3.63, 3.8) is 0 Å². The normalized spacial score (nSPS) is 20.6. The Morgan fingerprint density at radius 2 is 1.96 bits per heavy atom. The van der Waals surface area contributed by atoms with E-state index in [0.29, 0.717) is 5.56 Å². The van der Waals surface area contributed by atoms with Gasteiger partial charge in [0, 0.05) is 29.1 Å². The molecule has 0 radical (unpaired) electrons. The van der Waals surface area contributed by atoms with Gasteiger partial charge < -0.3 is 10.4 Å². The fraction of sp³-hybridized carbons (Fsp3) is 0.368. The van der Waals surface area contributed by atoms with E-state index in [2.05, 4.69) is 10.2 Å². The summed E-state index contributed by atoms with van der Waals surface area (Å²) >= 11 is 1.46. The number of carbonyl (C=O) groups excluding carboxylic acids is 2. The fourth-order valence-corrected chi connectivity index (χ4v) is 4.04. The molecule has 25 heavy (non-hydrogen) atoms. The number of likely N-dealkylation sites (tertiary alicyclic amines) is 1. The number of hydrogen-bond acceptors (Lipinski definition) is 5. The van der Waals surface area contributed by atoms with Crippen molar-refractivity contribution >= 4 is 23.0 Å². The number of benzene rings is 1. The molecule has 0 saturated carbocycles. The summed E-state index contributed by atoms with van der Waals surface area (Å²) in [6.45, 7) is 2.42. The summed E-state index contributed by atoms with van der Waals surface area (Å²) in [5.74, 6) is -0.0332. The van der Waals surface area contributed by atoms with E-state index >= 15 is 0 Å². The number of nitrogens with zero attached hydrogens (tertiary/aromatic N) is 1. The van der Waals surface area contributed by atoms with Gasteiger partial charge in [-0.1, -0.05) is 12.1 Å². The first-order valence-corrected chi connectivity index (χ1v) is 9.12. The minimum atomic E-state index is -0.0980. The summed E-state index contributed by atoms with van der Waals surface area (Å²) in [6.07, 6.45) is 0.764. The molecule has 2 N–H and O–H groups in total. The van der Waals surface area contributed by atoms with Crippen molar-refractivity contribution in [3.8, 4) is 10.4 Å². The maximum absolute atomic E-state index is 12.4. The minimum Gasteiger partial charge on any atom is -0.395 e. The summed E-state index contributed by atoms with van der Waals surface area (Å²) in [6, 6.07) is 11.4. The van der Waals surface area contributed by atoms with Gasteiger partial charge in [-0.3, -0.25) is 14.5 Å². The number of thiophene rings is 1. The predicted octanol–water partition coefficient (Wildman–Crippen LogP) is 2.41. The Balaban J connectivity index is 1.65. The molecule has 0 aliphatic carbocycles. The zero-order valence-electron chi connectivity index (χ0n) is 14.4. The van der Waals surface area contributed by atoms with Gasteiger partial charge in [0.05, 0.1) is 11.5 Å². The molecule has 132 valence electrons. The van der Waals surface area contributed by atoms with E-state index in [1.807, 2.05) is 31.3 Å². The van der Waals surface area contributed by atoms with Crippen LogP contribution in [0.4, 0.5) is 0 Å². The molecule has 0 bridgehead atoms. The van der Waals surface area contributed by atoms with Crippen LogP contribution in [0.5, 0.6) is 0 Å². The second-order valence-electron chi connectivity index (χ2n) is 6.48. The van der Waals surface area contributed by atoms with Crippen LogP contribution in [0.3, 0.4) is 0 Å². The number of amides is 1. The Morgan fingerprint density at radius 1 is 1.24 bits per heavy atom. The van der Waals surface area contributed by atoms with Crippen LogP contribution >= 0.6 is 11.3 Å². The van der Waals surface area contributed by atoms with Gasteiger partial charge in [-0.15, -0.1) is 11.3 Å². The molecule has 1 aliphatic heterocycles. The van der Waals surface area contributed by atoms with Crippen molar-refractivity contribution in [3.05, 3.63) is 46.8 Å². The molecule has 0 spiro atoms. The number of aliphatic hydroxyl groups is 1. The monoisotopic (exact) mass is 358 g/mol. The van der Waals surface area contributed by atoms with Crippen LogP contribution < -0.4 is 5.32 Å². The number of likely N-dealkylation sites (N-methyl/N-ethyl adjacent to an activating group) is 1. The smallest absolute Gasteiger partial charge is 0.251 e. The summed E-state index contributed by atoms with van der Waals surface area (Å²) in [7, 11) is 1.96. The average Bonchev–Trinajstić information content (AvgIpc) is 3.22. The Hall–Kier alpha value is -2.02. The summed E-state index contributed by atoms with van der Waals surface area (Å²) in [4.78, 5) is 27.6. The lowest BCUT2D eigenvalue weighted by Gasteiger charge is -2.15. The molecule has 1 aliphatic rings. The molecule has 2 atom stereocenters. The molecule has 2 aromatic rings. The molecule has 1 fully saturated rings. The number of hydrogen-bond donors (Lipinski definition) is 2. The molecule has 1 amide bonds. The Kier molecular flexibility index (Phi) is 5.32. The van der Waals surface area contributed by atoms with Gasteiger partial charge in [0.1, 0.15) is 0 Å². The Bertz CT molecular complexity index is 769. The van der Waals surface area contributed by atoms with Gasteiger partial charge >= 0.3 is 0 Å². The number of carbonyl (C=O) groups is 2. The SMILES string of the molecule is CC(=O)c1ccc(-c2ccc(C(=O)N[C@@H]3C[C@@H](CO)N(C)C3)cc2)s1. The van der Waals surface area contributed by atoms with Crippen molar-refractivity contribution in [1.29, 1.82) is 0 Å². The van der Waals surface area contributed by atoms with E-state index in [9.17, 15) is 14.7 Å². The van der Waals surface area contributed by atoms with Gasteiger partial charge in [-0.2, -0.15) is 0 Å². The van der Waals surface area contributed by atoms with Crippen molar-refractivity contribution in [2.24, 2.45) is 0 Å². The van der Waals surface area contributed by atoms with E-state index in [4.69, 9.17) is 0 Å². The lowest BCUT2D eigenvalue weighted by Crippen LogP contribution is -2.36. The Morgan fingerprint density at radius 3 is 2.52 bits per heavy atom. The van der Waals surface area contributed by atoms with Crippen molar-refractivity contribution < 1.29 is 14.7 Å². The molecular weight excluding hydrogens is 336 g/mol. The molecule has 5 nitrogen and oxygen atoms in total. The average molecular weight is 358 g/mol. The molecular formula is C19H22N2O3S. The zero-order chi connectivity index (χ0) is 18.0. The maximum Gasteiger partial charge on any atom is 0.251 e. The number of nitrogens with one attached hydrogen (secondary N) is 1. The topological polar surface area (TPSA) is 69.6 Å². The van der Waals surface area contributed by atoms with Gasteiger partial charge in [-0.05, 0) is 50.2 Å². The molecule has 0 unspecified atom stereocenters. The van der Waals surface area contributed by atoms with Crippen LogP contribution in [0.2, 0.25) is 0 Å². The molecule has 3 rings (SSSR count). The van der Waals surface area contributed by atoms with E-state index < -0.39 is 0 Å². The van der Waals surface area contributed by atoms with E-state index in [1.165, 1.54) is 11.3 Å². The third kappa shape index (κ3) is 3.98. The highest BCUT2D eigenvalue weighted by Crippen LogP contribution is 2.28. The largest absolute Gasteiger partial charge is 0.395 e. The van der Waals surface area contributed by atoms with Crippen LogP contribution in [-0.4, -0.2) is 54.0 Å². The van der Waals surface area contributed by atoms with Gasteiger partial charge in [0.15, 0.2) is 5.78 Å². The van der Waals surface area contributed by atoms with E-state index in [-0.39, 0.29) is 30.4 Å². The summed E-state index contributed by atoms with van der Waals surface area (Å²) in [5.41, 5.74) is 1.61. The van der Waals surface area contributed by atoms with Crippen LogP contribution in [-0.2, 0) is 0 Å². The molecule has 1 saturated heterocycles. The lowest BCUT2D eigenvalue weighted by molar-refractivity contribution is 0.0937. The van der Waals surface area contributed by atoms with Gasteiger partial charge in [0.25, 0.3) is 5.91 Å². The molecule has 1 aromatic carbocycles. The predicted molar refractivity (Wildman–Crippen MR) is 99.1 cm³/mol. The first-order chi connectivity index (χ1) is 12.0. The van der Waals surface area contributed by atoms with Crippen molar-refractivity contribution in [1.82, 2.24) is 10.2 Å². The second kappa shape index (κ2) is 7.47. The van der Waals surface area contributed by atoms with E-state index in [1.54, 1.807) is 19.1 Å². The highest BCUT2D eigenvalue weighted by Gasteiger charge is 2.29. The molecule has 6 heteroatoms. The quantitative estimate of drug-likeness (QED) is 0.806. The van der Waals surface area contributed by atoms with Gasteiger partial charge in [-0.25, -0.2) is 0 Å². The number of rotatable bonds is 5. The highest BCUT2D eigenvalue weighted by atomic mass is 32.1. The first kappa shape index (κ1) is 17.8. The van der Waals surface area contributed by atoms with Crippen molar-refractivity contribution in [2.75, 3.05) is 20.2 Å². The van der Waals surface area contributed by atoms with Crippen LogP contribution in [0, 0.1) is 0 Å². The standard InChI is InChI=1S/C19H22N2O3S/c1-12(23)17-7-8-18(25-17)13-3-5-14(6-4-13)19(24)20-15-9-16(11-22)21(2)10-15/h3-8,15-16,22H,9-11H2,1-2H3,(H,20,24)/t15-,16+/m1/s1. The molecule has 1 aromatic heterocycles. The second-order valence-corrected chi connectivity index (χ2v) is 7.56. The first-order valence-electron chi connectivity index (χ1n) is 8.31. The number of ketones is 1. The zero-order valence-corrected chi connectivity index (χ0v) is 15.2. The van der Waals surface area contributed by atoms with Crippen LogP contribution in [0.15, 0.2) is 36.4 Å². The van der Waals surface area contributed by atoms with Crippen molar-refractivity contribution in [2.45, 2.75) is 25.4 Å². The van der Waals surface area contributed by atoms with Gasteiger partial charge in [0.2, 0.25) is 0 Å². The number of Topliss-reactive ketones (excluding diaryl/α,β-unsaturated/α-hetero) is 1. The van der Waals surface area contributed by atoms with Crippen LogP contribution in [0.25, 0.3) is 10.4 Å². The van der Waals surface area contributed by atoms with E-state index in [0.717, 1.165) is 28.3 Å². The maximum atomic E-state index is 12.4. The summed E-state index contributed by atoms with van der Waals surface area (Å²) < 4.78 is 0. The summed E-state index contributed by atoms with van der Waals surface area (Å²) in [5, 5.41) is 12.3.